The quantitative estimate of drug-likeness (QED) is 0.165. The number of hydrogen-bond donors (Lipinski definition) is 0. The first-order chi connectivity index (χ1) is 20.9. The highest BCUT2D eigenvalue weighted by Gasteiger charge is 2.35. The standard InChI is InChI=1S/C33H24BrClN2O4S2/c1-2-40-32(39)28-29(22-9-4-3-5-10-22)36-33-37(30(28)26-12-7-15-42-26)31(38)27(43-33)18-20-13-14-25(24(34)17-20)41-19-21-8-6-11-23(35)16-21/h3-18,30H,2,19H2,1H3/b27-18-/t30-/m0/s1. The molecule has 0 spiro atoms. The van der Waals surface area contributed by atoms with Crippen LogP contribution in [0.1, 0.15) is 34.5 Å². The average molecular weight is 692 g/mol. The zero-order valence-electron chi connectivity index (χ0n) is 22.8. The lowest BCUT2D eigenvalue weighted by atomic mass is 9.97. The van der Waals surface area contributed by atoms with Crippen LogP contribution in [0.3, 0.4) is 0 Å². The number of aromatic nitrogens is 1. The van der Waals surface area contributed by atoms with Gasteiger partial charge in [0.1, 0.15) is 18.4 Å². The van der Waals surface area contributed by atoms with E-state index in [1.165, 1.54) is 22.7 Å². The monoisotopic (exact) mass is 690 g/mol. The lowest BCUT2D eigenvalue weighted by Gasteiger charge is -2.24. The third kappa shape index (κ3) is 6.17. The van der Waals surface area contributed by atoms with Crippen molar-refractivity contribution in [1.82, 2.24) is 4.57 Å². The third-order valence-corrected chi connectivity index (χ3v) is 9.49. The molecule has 0 aliphatic carbocycles. The number of fused-ring (bicyclic) bond motifs is 1. The van der Waals surface area contributed by atoms with Gasteiger partial charge in [-0.25, -0.2) is 9.79 Å². The van der Waals surface area contributed by atoms with Gasteiger partial charge in [0.15, 0.2) is 4.80 Å². The van der Waals surface area contributed by atoms with Gasteiger partial charge in [0.25, 0.3) is 5.56 Å². The van der Waals surface area contributed by atoms with Crippen molar-refractivity contribution in [2.45, 2.75) is 19.6 Å². The SMILES string of the molecule is CCOC(=O)C1=C(c2ccccc2)N=c2s/c(=C\c3ccc(OCc4cccc(Cl)c4)c(Br)c3)c(=O)n2[C@H]1c1cccs1. The molecule has 1 aliphatic rings. The van der Waals surface area contributed by atoms with E-state index in [0.717, 1.165) is 26.0 Å². The number of thiophene rings is 1. The van der Waals surface area contributed by atoms with Crippen LogP contribution in [0.5, 0.6) is 5.75 Å². The smallest absolute Gasteiger partial charge is 0.338 e. The van der Waals surface area contributed by atoms with Crippen molar-refractivity contribution < 1.29 is 14.3 Å². The molecule has 1 aliphatic heterocycles. The zero-order valence-corrected chi connectivity index (χ0v) is 26.8. The van der Waals surface area contributed by atoms with Crippen molar-refractivity contribution in [3.8, 4) is 5.75 Å². The Bertz CT molecular complexity index is 2020. The van der Waals surface area contributed by atoms with E-state index in [1.807, 2.05) is 96.4 Å². The molecule has 0 radical (unpaired) electrons. The number of thiazole rings is 1. The van der Waals surface area contributed by atoms with Gasteiger partial charge in [0.2, 0.25) is 0 Å². The Morgan fingerprint density at radius 3 is 2.63 bits per heavy atom. The molecule has 0 N–H and O–H groups in total. The molecule has 0 fully saturated rings. The van der Waals surface area contributed by atoms with E-state index < -0.39 is 12.0 Å². The van der Waals surface area contributed by atoms with Gasteiger partial charge in [0, 0.05) is 15.5 Å². The maximum atomic E-state index is 14.0. The second-order valence-electron chi connectivity index (χ2n) is 9.56. The predicted octanol–water partition coefficient (Wildman–Crippen LogP) is 6.99. The molecule has 3 heterocycles. The van der Waals surface area contributed by atoms with E-state index in [4.69, 9.17) is 26.1 Å². The van der Waals surface area contributed by atoms with Crippen molar-refractivity contribution in [3.05, 3.63) is 147 Å². The van der Waals surface area contributed by atoms with Crippen LogP contribution in [0.4, 0.5) is 0 Å². The van der Waals surface area contributed by atoms with Crippen molar-refractivity contribution in [2.75, 3.05) is 6.61 Å². The van der Waals surface area contributed by atoms with Crippen molar-refractivity contribution in [1.29, 1.82) is 0 Å². The summed E-state index contributed by atoms with van der Waals surface area (Å²) in [5, 5.41) is 2.59. The minimum atomic E-state index is -0.665. The fourth-order valence-electron chi connectivity index (χ4n) is 4.82. The Labute approximate surface area is 269 Å². The van der Waals surface area contributed by atoms with Gasteiger partial charge in [-0.2, -0.15) is 0 Å². The maximum Gasteiger partial charge on any atom is 0.338 e. The van der Waals surface area contributed by atoms with Crippen LogP contribution in [0.2, 0.25) is 5.02 Å². The van der Waals surface area contributed by atoms with Crippen LogP contribution in [-0.4, -0.2) is 17.1 Å². The summed E-state index contributed by atoms with van der Waals surface area (Å²) in [6.07, 6.45) is 1.83. The Kier molecular flexibility index (Phi) is 8.76. The highest BCUT2D eigenvalue weighted by molar-refractivity contribution is 9.10. The molecule has 10 heteroatoms. The Balaban J connectivity index is 1.43. The maximum absolute atomic E-state index is 14.0. The van der Waals surface area contributed by atoms with Crippen LogP contribution in [0.25, 0.3) is 11.8 Å². The van der Waals surface area contributed by atoms with Crippen molar-refractivity contribution in [3.63, 3.8) is 0 Å². The topological polar surface area (TPSA) is 69.9 Å². The highest BCUT2D eigenvalue weighted by atomic mass is 79.9. The fourth-order valence-corrected chi connectivity index (χ4v) is 7.37. The van der Waals surface area contributed by atoms with E-state index in [-0.39, 0.29) is 12.2 Å². The van der Waals surface area contributed by atoms with Gasteiger partial charge in [-0.05, 0) is 75.8 Å². The number of rotatable bonds is 8. The van der Waals surface area contributed by atoms with Crippen molar-refractivity contribution in [2.24, 2.45) is 4.99 Å². The number of benzene rings is 3. The minimum Gasteiger partial charge on any atom is -0.488 e. The summed E-state index contributed by atoms with van der Waals surface area (Å²) in [4.78, 5) is 33.7. The van der Waals surface area contributed by atoms with Gasteiger partial charge in [-0.15, -0.1) is 11.3 Å². The fraction of sp³-hybridized carbons (Fsp3) is 0.121. The number of hydrogen-bond acceptors (Lipinski definition) is 7. The van der Waals surface area contributed by atoms with Gasteiger partial charge < -0.3 is 9.47 Å². The van der Waals surface area contributed by atoms with Gasteiger partial charge in [-0.1, -0.05) is 77.5 Å². The predicted molar refractivity (Wildman–Crippen MR) is 175 cm³/mol. The number of carbonyl (C=O) groups excluding carboxylic acids is 1. The van der Waals surface area contributed by atoms with E-state index in [9.17, 15) is 9.59 Å². The first kappa shape index (κ1) is 29.3. The van der Waals surface area contributed by atoms with Crippen LogP contribution in [-0.2, 0) is 16.1 Å². The molecule has 0 unspecified atom stereocenters. The van der Waals surface area contributed by atoms with E-state index in [2.05, 4.69) is 15.9 Å². The summed E-state index contributed by atoms with van der Waals surface area (Å²) >= 11 is 12.5. The lowest BCUT2D eigenvalue weighted by molar-refractivity contribution is -0.138. The van der Waals surface area contributed by atoms with Gasteiger partial charge >= 0.3 is 5.97 Å². The summed E-state index contributed by atoms with van der Waals surface area (Å²) in [6, 6.07) is 25.9. The molecular weight excluding hydrogens is 668 g/mol. The molecule has 216 valence electrons. The van der Waals surface area contributed by atoms with Crippen LogP contribution >= 0.6 is 50.2 Å². The summed E-state index contributed by atoms with van der Waals surface area (Å²) in [5.41, 5.74) is 3.18. The molecule has 43 heavy (non-hydrogen) atoms. The number of halogens is 2. The average Bonchev–Trinajstić information content (AvgIpc) is 3.65. The molecule has 0 bridgehead atoms. The van der Waals surface area contributed by atoms with Crippen LogP contribution in [0.15, 0.2) is 110 Å². The first-order valence-electron chi connectivity index (χ1n) is 13.4. The second kappa shape index (κ2) is 12.9. The molecule has 6 rings (SSSR count). The zero-order chi connectivity index (χ0) is 29.9. The lowest BCUT2D eigenvalue weighted by Crippen LogP contribution is -2.39. The summed E-state index contributed by atoms with van der Waals surface area (Å²) < 4.78 is 14.4. The Morgan fingerprint density at radius 1 is 1.07 bits per heavy atom. The number of carbonyl (C=O) groups is 1. The molecule has 6 nitrogen and oxygen atoms in total. The molecule has 3 aromatic carbocycles. The first-order valence-corrected chi connectivity index (χ1v) is 16.3. The molecule has 0 saturated heterocycles. The Hall–Kier alpha value is -3.76. The molecule has 0 amide bonds. The van der Waals surface area contributed by atoms with Gasteiger partial charge in [-0.3, -0.25) is 9.36 Å². The van der Waals surface area contributed by atoms with Crippen LogP contribution < -0.4 is 19.6 Å². The third-order valence-electron chi connectivity index (χ3n) is 6.72. The normalized spacial score (nSPS) is 14.8. The molecule has 0 saturated carbocycles. The number of esters is 1. The largest absolute Gasteiger partial charge is 0.488 e. The molecule has 2 aromatic heterocycles. The number of nitrogens with zero attached hydrogens (tertiary/aromatic N) is 2. The van der Waals surface area contributed by atoms with E-state index in [1.54, 1.807) is 11.5 Å². The molecule has 5 aromatic rings. The summed E-state index contributed by atoms with van der Waals surface area (Å²) in [5.74, 6) is 0.179. The summed E-state index contributed by atoms with van der Waals surface area (Å²) in [7, 11) is 0. The highest BCUT2D eigenvalue weighted by Crippen LogP contribution is 2.37. The van der Waals surface area contributed by atoms with Gasteiger partial charge in [0.05, 0.1) is 26.9 Å². The molecular formula is C33H24BrClN2O4S2. The number of ether oxygens (including phenoxy) is 2. The van der Waals surface area contributed by atoms with Crippen molar-refractivity contribution >= 4 is 67.9 Å². The minimum absolute atomic E-state index is 0.208. The summed E-state index contributed by atoms with van der Waals surface area (Å²) in [6.45, 7) is 2.34. The Morgan fingerprint density at radius 2 is 1.91 bits per heavy atom. The van der Waals surface area contributed by atoms with E-state index in [0.29, 0.717) is 38.0 Å². The van der Waals surface area contributed by atoms with Crippen LogP contribution in [0, 0.1) is 0 Å². The molecule has 1 atom stereocenters. The van der Waals surface area contributed by atoms with E-state index >= 15 is 0 Å². The second-order valence-corrected chi connectivity index (χ2v) is 12.8.